The molecular weight excluding hydrogens is 530 g/mol. The van der Waals surface area contributed by atoms with Gasteiger partial charge in [-0.2, -0.15) is 0 Å². The number of carbonyl (C=O) groups is 2. The average Bonchev–Trinajstić information content (AvgIpc) is 2.80. The Kier molecular flexibility index (Phi) is 9.35. The van der Waals surface area contributed by atoms with Crippen molar-refractivity contribution in [2.45, 2.75) is 64.6 Å². The van der Waals surface area contributed by atoms with Gasteiger partial charge < -0.3 is 10.2 Å². The highest BCUT2D eigenvalue weighted by atomic mass is 79.9. The fourth-order valence-electron chi connectivity index (χ4n) is 4.40. The van der Waals surface area contributed by atoms with Crippen molar-refractivity contribution in [2.24, 2.45) is 0 Å². The summed E-state index contributed by atoms with van der Waals surface area (Å²) < 4.78 is 27.0. The second-order valence-corrected chi connectivity index (χ2v) is 12.1. The van der Waals surface area contributed by atoms with Crippen molar-refractivity contribution in [1.82, 2.24) is 10.2 Å². The summed E-state index contributed by atoms with van der Waals surface area (Å²) in [5.41, 5.74) is 2.30. The second kappa shape index (κ2) is 12.0. The third kappa shape index (κ3) is 7.80. The predicted molar refractivity (Wildman–Crippen MR) is 143 cm³/mol. The molecule has 35 heavy (non-hydrogen) atoms. The molecule has 1 aliphatic rings. The van der Waals surface area contributed by atoms with E-state index in [0.717, 1.165) is 47.4 Å². The van der Waals surface area contributed by atoms with Crippen LogP contribution in [0.3, 0.4) is 0 Å². The first-order valence-electron chi connectivity index (χ1n) is 11.9. The van der Waals surface area contributed by atoms with Crippen molar-refractivity contribution in [3.05, 3.63) is 64.1 Å². The Hall–Kier alpha value is -2.39. The highest BCUT2D eigenvalue weighted by molar-refractivity contribution is 9.10. The number of hydrogen-bond acceptors (Lipinski definition) is 4. The Balaban J connectivity index is 1.87. The number of aryl methyl sites for hydroxylation is 1. The van der Waals surface area contributed by atoms with Crippen LogP contribution in [-0.2, 0) is 26.2 Å². The summed E-state index contributed by atoms with van der Waals surface area (Å²) in [4.78, 5) is 28.3. The highest BCUT2D eigenvalue weighted by Gasteiger charge is 2.31. The SMILES string of the molecule is Cc1cccc(CN(C(=O)CN(c2cccc(Br)c2)S(C)(=O)=O)[C@H](C)C(=O)NC2CCCCC2)c1. The van der Waals surface area contributed by atoms with E-state index in [4.69, 9.17) is 0 Å². The molecule has 0 aliphatic heterocycles. The van der Waals surface area contributed by atoms with Gasteiger partial charge in [-0.15, -0.1) is 0 Å². The fourth-order valence-corrected chi connectivity index (χ4v) is 5.63. The Morgan fingerprint density at radius 3 is 2.40 bits per heavy atom. The zero-order valence-electron chi connectivity index (χ0n) is 20.5. The minimum Gasteiger partial charge on any atom is -0.352 e. The van der Waals surface area contributed by atoms with E-state index < -0.39 is 28.5 Å². The summed E-state index contributed by atoms with van der Waals surface area (Å²) in [5, 5.41) is 3.10. The Morgan fingerprint density at radius 2 is 1.77 bits per heavy atom. The predicted octanol–water partition coefficient (Wildman–Crippen LogP) is 4.39. The van der Waals surface area contributed by atoms with E-state index in [2.05, 4.69) is 21.2 Å². The van der Waals surface area contributed by atoms with Crippen LogP contribution >= 0.6 is 15.9 Å². The number of anilines is 1. The number of nitrogens with zero attached hydrogens (tertiary/aromatic N) is 2. The number of sulfonamides is 1. The third-order valence-corrected chi connectivity index (χ3v) is 7.96. The Bertz CT molecular complexity index is 1150. The smallest absolute Gasteiger partial charge is 0.244 e. The Labute approximate surface area is 217 Å². The van der Waals surface area contributed by atoms with Gasteiger partial charge in [-0.05, 0) is 50.5 Å². The molecule has 2 amide bonds. The molecule has 9 heteroatoms. The van der Waals surface area contributed by atoms with Crippen LogP contribution in [0.4, 0.5) is 5.69 Å². The molecule has 2 aromatic carbocycles. The van der Waals surface area contributed by atoms with Gasteiger partial charge in [0.15, 0.2) is 0 Å². The van der Waals surface area contributed by atoms with Crippen molar-refractivity contribution in [3.8, 4) is 0 Å². The quantitative estimate of drug-likeness (QED) is 0.490. The van der Waals surface area contributed by atoms with E-state index >= 15 is 0 Å². The zero-order valence-corrected chi connectivity index (χ0v) is 22.9. The monoisotopic (exact) mass is 563 g/mol. The molecule has 0 aromatic heterocycles. The number of carbonyl (C=O) groups excluding carboxylic acids is 2. The molecule has 1 aliphatic carbocycles. The first-order chi connectivity index (χ1) is 16.5. The molecule has 0 heterocycles. The number of hydrogen-bond donors (Lipinski definition) is 1. The second-order valence-electron chi connectivity index (χ2n) is 9.28. The van der Waals surface area contributed by atoms with Crippen LogP contribution in [-0.4, -0.2) is 50.0 Å². The summed E-state index contributed by atoms with van der Waals surface area (Å²) in [5.74, 6) is -0.658. The zero-order chi connectivity index (χ0) is 25.6. The lowest BCUT2D eigenvalue weighted by Gasteiger charge is -2.33. The van der Waals surface area contributed by atoms with Crippen LogP contribution in [0.1, 0.15) is 50.2 Å². The molecule has 0 spiro atoms. The fraction of sp³-hybridized carbons (Fsp3) is 0.462. The van der Waals surface area contributed by atoms with E-state index in [1.165, 1.54) is 11.3 Å². The number of nitrogens with one attached hydrogen (secondary N) is 1. The van der Waals surface area contributed by atoms with Gasteiger partial charge in [0.25, 0.3) is 0 Å². The van der Waals surface area contributed by atoms with Crippen LogP contribution in [0.25, 0.3) is 0 Å². The third-order valence-electron chi connectivity index (χ3n) is 6.33. The van der Waals surface area contributed by atoms with Crippen LogP contribution in [0.2, 0.25) is 0 Å². The molecule has 3 rings (SSSR count). The van der Waals surface area contributed by atoms with E-state index in [1.54, 1.807) is 31.2 Å². The van der Waals surface area contributed by atoms with Gasteiger partial charge in [0, 0.05) is 17.1 Å². The molecule has 0 radical (unpaired) electrons. The molecular formula is C26H34BrN3O4S. The molecule has 1 fully saturated rings. The van der Waals surface area contributed by atoms with Crippen LogP contribution in [0, 0.1) is 6.92 Å². The summed E-state index contributed by atoms with van der Waals surface area (Å²) in [6.07, 6.45) is 6.30. The molecule has 190 valence electrons. The standard InChI is InChI=1S/C26H34BrN3O4S/c1-19-9-7-10-21(15-19)17-29(20(2)26(32)28-23-12-5-4-6-13-23)25(31)18-30(35(3,33)34)24-14-8-11-22(27)16-24/h7-11,14-16,20,23H,4-6,12-13,17-18H2,1-3H3,(H,28,32)/t20-/m1/s1. The van der Waals surface area contributed by atoms with Gasteiger partial charge in [0.2, 0.25) is 21.8 Å². The van der Waals surface area contributed by atoms with E-state index in [0.29, 0.717) is 10.2 Å². The van der Waals surface area contributed by atoms with Gasteiger partial charge in [-0.25, -0.2) is 8.42 Å². The van der Waals surface area contributed by atoms with Crippen molar-refractivity contribution >= 4 is 43.5 Å². The number of rotatable bonds is 9. The number of benzene rings is 2. The first kappa shape index (κ1) is 27.2. The number of halogens is 1. The number of amides is 2. The molecule has 0 unspecified atom stereocenters. The van der Waals surface area contributed by atoms with Gasteiger partial charge in [-0.1, -0.05) is 71.1 Å². The molecule has 0 bridgehead atoms. The topological polar surface area (TPSA) is 86.8 Å². The largest absolute Gasteiger partial charge is 0.352 e. The lowest BCUT2D eigenvalue weighted by Crippen LogP contribution is -2.52. The van der Waals surface area contributed by atoms with Gasteiger partial charge >= 0.3 is 0 Å². The summed E-state index contributed by atoms with van der Waals surface area (Å²) in [6, 6.07) is 13.9. The van der Waals surface area contributed by atoms with E-state index in [9.17, 15) is 18.0 Å². The molecule has 1 N–H and O–H groups in total. The maximum Gasteiger partial charge on any atom is 0.244 e. The normalized spacial score (nSPS) is 15.3. The van der Waals surface area contributed by atoms with Gasteiger partial charge in [0.05, 0.1) is 11.9 Å². The summed E-state index contributed by atoms with van der Waals surface area (Å²) in [6.45, 7) is 3.47. The lowest BCUT2D eigenvalue weighted by molar-refractivity contribution is -0.139. The minimum absolute atomic E-state index is 0.115. The van der Waals surface area contributed by atoms with Crippen molar-refractivity contribution in [1.29, 1.82) is 0 Å². The molecule has 7 nitrogen and oxygen atoms in total. The Morgan fingerprint density at radius 1 is 1.09 bits per heavy atom. The molecule has 1 saturated carbocycles. The maximum absolute atomic E-state index is 13.6. The first-order valence-corrected chi connectivity index (χ1v) is 14.6. The van der Waals surface area contributed by atoms with Gasteiger partial charge in [0.1, 0.15) is 12.6 Å². The van der Waals surface area contributed by atoms with Crippen LogP contribution in [0.5, 0.6) is 0 Å². The minimum atomic E-state index is -3.75. The van der Waals surface area contributed by atoms with Crippen LogP contribution in [0.15, 0.2) is 53.0 Å². The summed E-state index contributed by atoms with van der Waals surface area (Å²) >= 11 is 3.36. The van der Waals surface area contributed by atoms with Gasteiger partial charge in [-0.3, -0.25) is 13.9 Å². The van der Waals surface area contributed by atoms with E-state index in [1.807, 2.05) is 31.2 Å². The molecule has 1 atom stereocenters. The highest BCUT2D eigenvalue weighted by Crippen LogP contribution is 2.23. The maximum atomic E-state index is 13.6. The molecule has 2 aromatic rings. The molecule has 0 saturated heterocycles. The van der Waals surface area contributed by atoms with Crippen LogP contribution < -0.4 is 9.62 Å². The van der Waals surface area contributed by atoms with Crippen molar-refractivity contribution in [2.75, 3.05) is 17.1 Å². The average molecular weight is 565 g/mol. The van der Waals surface area contributed by atoms with E-state index in [-0.39, 0.29) is 18.5 Å². The summed E-state index contributed by atoms with van der Waals surface area (Å²) in [7, 11) is -3.75. The lowest BCUT2D eigenvalue weighted by atomic mass is 9.95. The van der Waals surface area contributed by atoms with Crippen molar-refractivity contribution in [3.63, 3.8) is 0 Å². The van der Waals surface area contributed by atoms with Crippen molar-refractivity contribution < 1.29 is 18.0 Å².